The van der Waals surface area contributed by atoms with E-state index >= 15 is 0 Å². The molecule has 7 nitrogen and oxygen atoms in total. The van der Waals surface area contributed by atoms with Crippen LogP contribution in [0.1, 0.15) is 59.3 Å². The molecule has 1 aromatic carbocycles. The van der Waals surface area contributed by atoms with Crippen molar-refractivity contribution in [2.45, 2.75) is 77.1 Å². The fraction of sp³-hybridized carbons (Fsp3) is 0.655. The maximum atomic E-state index is 13.3. The zero-order chi connectivity index (χ0) is 25.7. The molecule has 0 heterocycles. The zero-order valence-electron chi connectivity index (χ0n) is 21.5. The Morgan fingerprint density at radius 2 is 1.81 bits per heavy atom. The van der Waals surface area contributed by atoms with Crippen molar-refractivity contribution in [2.24, 2.45) is 33.7 Å². The third-order valence-corrected chi connectivity index (χ3v) is 10.0. The predicted molar refractivity (Wildman–Crippen MR) is 135 cm³/mol. The summed E-state index contributed by atoms with van der Waals surface area (Å²) in [5, 5.41) is 37.3. The van der Waals surface area contributed by atoms with E-state index < -0.39 is 28.6 Å². The predicted octanol–water partition coefficient (Wildman–Crippen LogP) is 3.66. The summed E-state index contributed by atoms with van der Waals surface area (Å²) < 4.78 is 5.66. The van der Waals surface area contributed by atoms with Gasteiger partial charge in [0.05, 0.1) is 23.5 Å². The molecule has 5 rings (SSSR count). The quantitative estimate of drug-likeness (QED) is 0.314. The van der Waals surface area contributed by atoms with Crippen LogP contribution in [0.2, 0.25) is 0 Å². The number of ether oxygens (including phenoxy) is 1. The Labute approximate surface area is 213 Å². The first kappa shape index (κ1) is 25.4. The monoisotopic (exact) mass is 497 g/mol. The van der Waals surface area contributed by atoms with E-state index in [1.54, 1.807) is 6.08 Å². The Balaban J connectivity index is 1.31. The lowest BCUT2D eigenvalue weighted by molar-refractivity contribution is -0.151. The van der Waals surface area contributed by atoms with Crippen LogP contribution in [0.25, 0.3) is 0 Å². The zero-order valence-corrected chi connectivity index (χ0v) is 21.5. The van der Waals surface area contributed by atoms with E-state index in [-0.39, 0.29) is 30.0 Å². The number of aliphatic hydroxyl groups is 3. The fourth-order valence-electron chi connectivity index (χ4n) is 7.96. The molecule has 0 spiro atoms. The number of allylic oxidation sites excluding steroid dienone is 1. The third kappa shape index (κ3) is 3.91. The Morgan fingerprint density at radius 3 is 2.56 bits per heavy atom. The number of oxime groups is 1. The van der Waals surface area contributed by atoms with Crippen LogP contribution >= 0.6 is 0 Å². The molecule has 0 aromatic heterocycles. The van der Waals surface area contributed by atoms with Gasteiger partial charge in [-0.1, -0.05) is 37.2 Å². The maximum absolute atomic E-state index is 13.3. The van der Waals surface area contributed by atoms with Crippen LogP contribution in [0, 0.1) is 28.6 Å². The number of rotatable bonds is 6. The Kier molecular flexibility index (Phi) is 6.54. The summed E-state index contributed by atoms with van der Waals surface area (Å²) in [6.45, 7) is 6.87. The van der Waals surface area contributed by atoms with Crippen molar-refractivity contribution in [3.63, 3.8) is 0 Å². The molecule has 3 N–H and O–H groups in total. The number of fused-ring (bicyclic) bond motifs is 5. The fourth-order valence-corrected chi connectivity index (χ4v) is 7.96. The van der Waals surface area contributed by atoms with Gasteiger partial charge in [0.2, 0.25) is 0 Å². The van der Waals surface area contributed by atoms with Gasteiger partial charge in [-0.25, -0.2) is 0 Å². The second-order valence-corrected chi connectivity index (χ2v) is 11.8. The molecule has 0 amide bonds. The topological polar surface area (TPSA) is 109 Å². The normalized spacial score (nSPS) is 42.2. The first-order chi connectivity index (χ1) is 17.1. The lowest BCUT2D eigenvalue weighted by atomic mass is 9.46. The highest BCUT2D eigenvalue weighted by Crippen LogP contribution is 2.67. The largest absolute Gasteiger partial charge is 0.490 e. The number of hydrogen-bond donors (Lipinski definition) is 3. The van der Waals surface area contributed by atoms with E-state index in [2.05, 4.69) is 19.0 Å². The summed E-state index contributed by atoms with van der Waals surface area (Å²) in [6.07, 6.45) is 3.62. The minimum Gasteiger partial charge on any atom is -0.490 e. The molecular formula is C29H39NO6. The molecule has 1 aromatic rings. The molecule has 4 aliphatic carbocycles. The summed E-state index contributed by atoms with van der Waals surface area (Å²) >= 11 is 0. The molecule has 0 radical (unpaired) electrons. The van der Waals surface area contributed by atoms with Gasteiger partial charge >= 0.3 is 0 Å². The smallest absolute Gasteiger partial charge is 0.159 e. The van der Waals surface area contributed by atoms with Crippen molar-refractivity contribution in [2.75, 3.05) is 13.2 Å². The van der Waals surface area contributed by atoms with E-state index in [9.17, 15) is 20.1 Å². The standard InChI is InChI=1S/C29H39NO6/c1-18(30-36-14-13-35-19-7-5-4-6-8-19)20-10-12-29(34)22-15-24(31)23-16-25(32)26(33)17-27(23,2)21(22)9-11-28(20,29)3/h4-8,15,20-21,23,25-26,32-34H,9-14,16-17H2,1-3H3/b30-18-/t20?,21?,23?,25?,26?,27?,28?,29-/m1/s1. The van der Waals surface area contributed by atoms with Gasteiger partial charge in [0.15, 0.2) is 12.4 Å². The summed E-state index contributed by atoms with van der Waals surface area (Å²) in [5.74, 6) is 0.507. The van der Waals surface area contributed by atoms with Crippen LogP contribution in [0.3, 0.4) is 0 Å². The molecule has 36 heavy (non-hydrogen) atoms. The van der Waals surface area contributed by atoms with E-state index in [4.69, 9.17) is 9.57 Å². The van der Waals surface area contributed by atoms with Crippen LogP contribution in [-0.4, -0.2) is 57.8 Å². The highest BCUT2D eigenvalue weighted by molar-refractivity contribution is 5.95. The van der Waals surface area contributed by atoms with Crippen molar-refractivity contribution in [3.05, 3.63) is 42.0 Å². The molecule has 8 atom stereocenters. The molecule has 3 saturated carbocycles. The second kappa shape index (κ2) is 9.26. The van der Waals surface area contributed by atoms with Crippen LogP contribution in [0.15, 0.2) is 47.1 Å². The van der Waals surface area contributed by atoms with Gasteiger partial charge in [0.1, 0.15) is 12.4 Å². The van der Waals surface area contributed by atoms with Crippen LogP contribution < -0.4 is 4.74 Å². The molecule has 7 heteroatoms. The summed E-state index contributed by atoms with van der Waals surface area (Å²) in [4.78, 5) is 18.8. The molecule has 0 saturated heterocycles. The van der Waals surface area contributed by atoms with Crippen molar-refractivity contribution >= 4 is 11.5 Å². The number of carbonyl (C=O) groups excluding carboxylic acids is 1. The van der Waals surface area contributed by atoms with Crippen molar-refractivity contribution in [1.82, 2.24) is 0 Å². The highest BCUT2D eigenvalue weighted by atomic mass is 16.6. The summed E-state index contributed by atoms with van der Waals surface area (Å²) in [5.41, 5.74) is -0.327. The van der Waals surface area contributed by atoms with Gasteiger partial charge in [0.25, 0.3) is 0 Å². The number of ketones is 1. The maximum Gasteiger partial charge on any atom is 0.159 e. The van der Waals surface area contributed by atoms with E-state index in [1.807, 2.05) is 37.3 Å². The van der Waals surface area contributed by atoms with Crippen LogP contribution in [0.5, 0.6) is 5.75 Å². The number of nitrogens with zero attached hydrogens (tertiary/aromatic N) is 1. The van der Waals surface area contributed by atoms with Crippen LogP contribution in [0.4, 0.5) is 0 Å². The lowest BCUT2D eigenvalue weighted by Crippen LogP contribution is -2.60. The molecule has 4 aliphatic rings. The van der Waals surface area contributed by atoms with E-state index in [0.29, 0.717) is 26.1 Å². The first-order valence-corrected chi connectivity index (χ1v) is 13.3. The van der Waals surface area contributed by atoms with Crippen molar-refractivity contribution < 1.29 is 29.7 Å². The minimum atomic E-state index is -1.10. The molecule has 0 aliphatic heterocycles. The van der Waals surface area contributed by atoms with E-state index in [1.165, 1.54) is 0 Å². The molecule has 7 unspecified atom stereocenters. The number of carbonyl (C=O) groups is 1. The van der Waals surface area contributed by atoms with Gasteiger partial charge in [-0.05, 0) is 80.6 Å². The second-order valence-electron chi connectivity index (χ2n) is 11.8. The molecular weight excluding hydrogens is 458 g/mol. The average Bonchev–Trinajstić information content (AvgIpc) is 3.13. The number of benzene rings is 1. The Hall–Kier alpha value is -2.22. The molecule has 196 valence electrons. The Morgan fingerprint density at radius 1 is 1.06 bits per heavy atom. The van der Waals surface area contributed by atoms with Gasteiger partial charge in [-0.15, -0.1) is 0 Å². The van der Waals surface area contributed by atoms with E-state index in [0.717, 1.165) is 36.3 Å². The average molecular weight is 498 g/mol. The van der Waals surface area contributed by atoms with Crippen molar-refractivity contribution in [1.29, 1.82) is 0 Å². The molecule has 0 bridgehead atoms. The van der Waals surface area contributed by atoms with Crippen molar-refractivity contribution in [3.8, 4) is 5.75 Å². The van der Waals surface area contributed by atoms with Crippen LogP contribution in [-0.2, 0) is 9.63 Å². The van der Waals surface area contributed by atoms with Gasteiger partial charge < -0.3 is 24.9 Å². The van der Waals surface area contributed by atoms with Gasteiger partial charge in [0, 0.05) is 17.3 Å². The minimum absolute atomic E-state index is 0.0165. The Bertz CT molecular complexity index is 1060. The van der Waals surface area contributed by atoms with Gasteiger partial charge in [-0.2, -0.15) is 0 Å². The highest BCUT2D eigenvalue weighted by Gasteiger charge is 2.66. The summed E-state index contributed by atoms with van der Waals surface area (Å²) in [7, 11) is 0. The first-order valence-electron chi connectivity index (χ1n) is 13.3. The molecule has 3 fully saturated rings. The third-order valence-electron chi connectivity index (χ3n) is 10.0. The number of aliphatic hydroxyl groups excluding tert-OH is 2. The summed E-state index contributed by atoms with van der Waals surface area (Å²) in [6, 6.07) is 9.58. The SMILES string of the molecule is C/C(=N/OCCOc1ccccc1)C1CC[C@@]2(O)C3=CC(=O)C4CC(O)C(O)CC4(C)C3CCC12C. The number of para-hydroxylation sites is 1. The number of hydrogen-bond acceptors (Lipinski definition) is 7. The van der Waals surface area contributed by atoms with Gasteiger partial charge in [-0.3, -0.25) is 4.79 Å². The lowest BCUT2D eigenvalue weighted by Gasteiger charge is -2.59.